The fourth-order valence-corrected chi connectivity index (χ4v) is 2.45. The molecule has 0 saturated carbocycles. The van der Waals surface area contributed by atoms with Crippen molar-refractivity contribution in [3.05, 3.63) is 41.7 Å². The van der Waals surface area contributed by atoms with Crippen LogP contribution in [0, 0.1) is 0 Å². The van der Waals surface area contributed by atoms with Crippen molar-refractivity contribution in [2.45, 2.75) is 19.5 Å². The van der Waals surface area contributed by atoms with Crippen LogP contribution in [0.4, 0.5) is 4.79 Å². The molecule has 0 aliphatic rings. The quantitative estimate of drug-likeness (QED) is 0.881. The van der Waals surface area contributed by atoms with Crippen LogP contribution in [0.3, 0.4) is 0 Å². The number of nitrogens with one attached hydrogen (secondary N) is 1. The third kappa shape index (κ3) is 4.18. The maximum atomic E-state index is 12.4. The Morgan fingerprint density at radius 3 is 2.71 bits per heavy atom. The monoisotopic (exact) mass is 332 g/mol. The number of rotatable bonds is 6. The molecule has 1 N–H and O–H groups in total. The first-order valence-electron chi connectivity index (χ1n) is 7.65. The topological polar surface area (TPSA) is 68.6 Å². The minimum absolute atomic E-state index is 0.170. The largest absolute Gasteiger partial charge is 0.497 e. The Bertz CT molecular complexity index is 699. The summed E-state index contributed by atoms with van der Waals surface area (Å²) in [7, 11) is 6.81. The molecule has 2 amide bonds. The molecule has 0 bridgehead atoms. The van der Waals surface area contributed by atoms with E-state index in [1.807, 2.05) is 38.4 Å². The van der Waals surface area contributed by atoms with E-state index in [4.69, 9.17) is 9.47 Å². The second-order valence-electron chi connectivity index (χ2n) is 5.66. The summed E-state index contributed by atoms with van der Waals surface area (Å²) in [6.45, 7) is 2.40. The molecular weight excluding hydrogens is 308 g/mol. The number of methoxy groups -OCH3 is 2. The minimum atomic E-state index is -0.223. The summed E-state index contributed by atoms with van der Waals surface area (Å²) in [6.07, 6.45) is 3.64. The van der Waals surface area contributed by atoms with Gasteiger partial charge in [-0.2, -0.15) is 5.10 Å². The second-order valence-corrected chi connectivity index (χ2v) is 5.66. The molecule has 0 aliphatic carbocycles. The number of nitrogens with zero attached hydrogens (tertiary/aromatic N) is 3. The van der Waals surface area contributed by atoms with Crippen LogP contribution >= 0.6 is 0 Å². The highest BCUT2D eigenvalue weighted by Gasteiger charge is 2.17. The van der Waals surface area contributed by atoms with Crippen molar-refractivity contribution in [1.29, 1.82) is 0 Å². The van der Waals surface area contributed by atoms with Gasteiger partial charge >= 0.3 is 6.03 Å². The number of benzene rings is 1. The number of amides is 2. The Morgan fingerprint density at radius 1 is 1.38 bits per heavy atom. The summed E-state index contributed by atoms with van der Waals surface area (Å²) >= 11 is 0. The Kier molecular flexibility index (Phi) is 5.68. The van der Waals surface area contributed by atoms with Crippen molar-refractivity contribution in [2.24, 2.45) is 7.05 Å². The Labute approximate surface area is 142 Å². The molecule has 2 rings (SSSR count). The third-order valence-corrected chi connectivity index (χ3v) is 3.77. The molecule has 1 aromatic carbocycles. The van der Waals surface area contributed by atoms with Crippen LogP contribution in [0.15, 0.2) is 30.6 Å². The Hall–Kier alpha value is -2.70. The number of aryl methyl sites for hydroxylation is 1. The molecule has 1 heterocycles. The van der Waals surface area contributed by atoms with Crippen molar-refractivity contribution in [2.75, 3.05) is 21.3 Å². The van der Waals surface area contributed by atoms with Gasteiger partial charge in [-0.1, -0.05) is 0 Å². The molecule has 0 fully saturated rings. The van der Waals surface area contributed by atoms with Crippen molar-refractivity contribution in [3.8, 4) is 11.5 Å². The molecule has 0 saturated heterocycles. The number of carbonyl (C=O) groups excluding carboxylic acids is 1. The molecular formula is C17H24N4O3. The number of urea groups is 1. The van der Waals surface area contributed by atoms with Gasteiger partial charge in [0.15, 0.2) is 0 Å². The lowest BCUT2D eigenvalue weighted by molar-refractivity contribution is 0.203. The van der Waals surface area contributed by atoms with Gasteiger partial charge in [-0.3, -0.25) is 4.68 Å². The van der Waals surface area contributed by atoms with Gasteiger partial charge in [0.25, 0.3) is 0 Å². The van der Waals surface area contributed by atoms with Gasteiger partial charge in [0.05, 0.1) is 33.0 Å². The lowest BCUT2D eigenvalue weighted by Gasteiger charge is -2.22. The zero-order valence-corrected chi connectivity index (χ0v) is 14.7. The first-order chi connectivity index (χ1) is 11.4. The molecule has 1 unspecified atom stereocenters. The van der Waals surface area contributed by atoms with Crippen LogP contribution < -0.4 is 14.8 Å². The lowest BCUT2D eigenvalue weighted by Crippen LogP contribution is -2.38. The standard InChI is InChI=1S/C17H24N4O3/c1-12(15-8-14(23-4)6-7-16(15)24-5)19-17(22)20(2)10-13-9-18-21(3)11-13/h6-9,11-12H,10H2,1-5H3,(H,19,22). The summed E-state index contributed by atoms with van der Waals surface area (Å²) in [5.41, 5.74) is 1.83. The second kappa shape index (κ2) is 7.72. The number of hydrogen-bond acceptors (Lipinski definition) is 4. The molecule has 2 aromatic rings. The van der Waals surface area contributed by atoms with Crippen LogP contribution in [-0.4, -0.2) is 42.0 Å². The molecule has 24 heavy (non-hydrogen) atoms. The molecule has 0 radical (unpaired) electrons. The van der Waals surface area contributed by atoms with E-state index in [1.54, 1.807) is 37.0 Å². The maximum Gasteiger partial charge on any atom is 0.317 e. The van der Waals surface area contributed by atoms with Gasteiger partial charge in [0.2, 0.25) is 0 Å². The zero-order chi connectivity index (χ0) is 17.7. The maximum absolute atomic E-state index is 12.4. The molecule has 7 nitrogen and oxygen atoms in total. The van der Waals surface area contributed by atoms with Crippen molar-refractivity contribution < 1.29 is 14.3 Å². The highest BCUT2D eigenvalue weighted by atomic mass is 16.5. The fourth-order valence-electron chi connectivity index (χ4n) is 2.45. The summed E-state index contributed by atoms with van der Waals surface area (Å²) in [5.74, 6) is 1.43. The van der Waals surface area contributed by atoms with E-state index < -0.39 is 0 Å². The van der Waals surface area contributed by atoms with Crippen molar-refractivity contribution in [1.82, 2.24) is 20.0 Å². The summed E-state index contributed by atoms with van der Waals surface area (Å²) in [5, 5.41) is 7.08. The molecule has 0 spiro atoms. The highest BCUT2D eigenvalue weighted by molar-refractivity contribution is 5.74. The SMILES string of the molecule is COc1ccc(OC)c(C(C)NC(=O)N(C)Cc2cnn(C)c2)c1. The van der Waals surface area contributed by atoms with Gasteiger partial charge < -0.3 is 19.7 Å². The fraction of sp³-hybridized carbons (Fsp3) is 0.412. The van der Waals surface area contributed by atoms with Crippen LogP contribution in [0.2, 0.25) is 0 Å². The Balaban J connectivity index is 2.05. The van der Waals surface area contributed by atoms with E-state index in [0.717, 1.165) is 16.9 Å². The predicted molar refractivity (Wildman–Crippen MR) is 91.2 cm³/mol. The molecule has 7 heteroatoms. The average molecular weight is 332 g/mol. The van der Waals surface area contributed by atoms with Crippen molar-refractivity contribution >= 4 is 6.03 Å². The molecule has 0 aliphatic heterocycles. The van der Waals surface area contributed by atoms with Crippen LogP contribution in [-0.2, 0) is 13.6 Å². The molecule has 1 atom stereocenters. The predicted octanol–water partition coefficient (Wildman–Crippen LogP) is 2.34. The van der Waals surface area contributed by atoms with E-state index >= 15 is 0 Å². The number of ether oxygens (including phenoxy) is 2. The van der Waals surface area contributed by atoms with Gasteiger partial charge in [-0.25, -0.2) is 4.79 Å². The van der Waals surface area contributed by atoms with E-state index in [2.05, 4.69) is 10.4 Å². The highest BCUT2D eigenvalue weighted by Crippen LogP contribution is 2.29. The smallest absolute Gasteiger partial charge is 0.317 e. The van der Waals surface area contributed by atoms with E-state index in [0.29, 0.717) is 12.3 Å². The summed E-state index contributed by atoms with van der Waals surface area (Å²) in [4.78, 5) is 14.0. The molecule has 130 valence electrons. The van der Waals surface area contributed by atoms with E-state index in [-0.39, 0.29) is 12.1 Å². The Morgan fingerprint density at radius 2 is 2.12 bits per heavy atom. The van der Waals surface area contributed by atoms with Gasteiger partial charge in [0.1, 0.15) is 11.5 Å². The third-order valence-electron chi connectivity index (χ3n) is 3.77. The van der Waals surface area contributed by atoms with Gasteiger partial charge in [-0.05, 0) is 25.1 Å². The average Bonchev–Trinajstić information content (AvgIpc) is 2.98. The molecule has 1 aromatic heterocycles. The number of hydrogen-bond donors (Lipinski definition) is 1. The van der Waals surface area contributed by atoms with Crippen molar-refractivity contribution in [3.63, 3.8) is 0 Å². The van der Waals surface area contributed by atoms with E-state index in [1.165, 1.54) is 0 Å². The normalized spacial score (nSPS) is 11.7. The minimum Gasteiger partial charge on any atom is -0.497 e. The van der Waals surface area contributed by atoms with Crippen LogP contribution in [0.5, 0.6) is 11.5 Å². The zero-order valence-electron chi connectivity index (χ0n) is 14.7. The van der Waals surface area contributed by atoms with Gasteiger partial charge in [-0.15, -0.1) is 0 Å². The first-order valence-corrected chi connectivity index (χ1v) is 7.65. The van der Waals surface area contributed by atoms with Crippen LogP contribution in [0.25, 0.3) is 0 Å². The number of aromatic nitrogens is 2. The lowest BCUT2D eigenvalue weighted by atomic mass is 10.1. The number of carbonyl (C=O) groups is 1. The summed E-state index contributed by atoms with van der Waals surface area (Å²) < 4.78 is 12.3. The first kappa shape index (κ1) is 17.7. The summed E-state index contributed by atoms with van der Waals surface area (Å²) in [6, 6.07) is 5.13. The van der Waals surface area contributed by atoms with Crippen LogP contribution in [0.1, 0.15) is 24.1 Å². The van der Waals surface area contributed by atoms with E-state index in [9.17, 15) is 4.79 Å². The van der Waals surface area contributed by atoms with Gasteiger partial charge in [0, 0.05) is 31.4 Å².